The molecule has 84 valence electrons. The minimum Gasteiger partial charge on any atom is -0.366 e. The predicted molar refractivity (Wildman–Crippen MR) is 60.2 cm³/mol. The summed E-state index contributed by atoms with van der Waals surface area (Å²) in [5.74, 6) is 1.88. The first-order chi connectivity index (χ1) is 6.72. The van der Waals surface area contributed by atoms with Gasteiger partial charge in [0.25, 0.3) is 0 Å². The van der Waals surface area contributed by atoms with E-state index in [0.29, 0.717) is 0 Å². The van der Waals surface area contributed by atoms with Crippen molar-refractivity contribution in [3.63, 3.8) is 0 Å². The van der Waals surface area contributed by atoms with Crippen molar-refractivity contribution in [2.45, 2.75) is 39.5 Å². The monoisotopic (exact) mass is 199 g/mol. The molecule has 0 spiro atoms. The van der Waals surface area contributed by atoms with Gasteiger partial charge < -0.3 is 4.74 Å². The summed E-state index contributed by atoms with van der Waals surface area (Å²) in [4.78, 5) is 2.31. The zero-order valence-electron chi connectivity index (χ0n) is 9.96. The number of ether oxygens (including phenoxy) is 1. The molecular formula is C12H25NO. The van der Waals surface area contributed by atoms with E-state index >= 15 is 0 Å². The highest BCUT2D eigenvalue weighted by Crippen LogP contribution is 2.28. The lowest BCUT2D eigenvalue weighted by Crippen LogP contribution is -2.30. The van der Waals surface area contributed by atoms with E-state index in [1.807, 2.05) is 0 Å². The van der Waals surface area contributed by atoms with Crippen molar-refractivity contribution in [3.8, 4) is 0 Å². The molecule has 1 saturated carbocycles. The van der Waals surface area contributed by atoms with Crippen molar-refractivity contribution in [1.82, 2.24) is 4.90 Å². The van der Waals surface area contributed by atoms with E-state index in [-0.39, 0.29) is 0 Å². The van der Waals surface area contributed by atoms with E-state index in [2.05, 4.69) is 25.8 Å². The Labute approximate surface area is 88.6 Å². The molecule has 0 aromatic heterocycles. The quantitative estimate of drug-likeness (QED) is 0.631. The second-order valence-corrected chi connectivity index (χ2v) is 4.79. The molecule has 1 aliphatic carbocycles. The van der Waals surface area contributed by atoms with Gasteiger partial charge in [0.15, 0.2) is 0 Å². The Kier molecular flexibility index (Phi) is 5.49. The minimum atomic E-state index is 0.794. The molecule has 0 atom stereocenters. The van der Waals surface area contributed by atoms with Crippen LogP contribution in [0.1, 0.15) is 39.5 Å². The summed E-state index contributed by atoms with van der Waals surface area (Å²) in [6, 6.07) is 0. The molecule has 0 aliphatic heterocycles. The Bertz CT molecular complexity index is 141. The fourth-order valence-electron chi connectivity index (χ4n) is 2.25. The number of hydrogen-bond donors (Lipinski definition) is 0. The van der Waals surface area contributed by atoms with Gasteiger partial charge in [-0.1, -0.05) is 19.8 Å². The molecule has 0 aromatic rings. The van der Waals surface area contributed by atoms with E-state index in [0.717, 1.165) is 25.2 Å². The normalized spacial score (nSPS) is 28.3. The third-order valence-corrected chi connectivity index (χ3v) is 3.22. The van der Waals surface area contributed by atoms with Crippen LogP contribution in [0.2, 0.25) is 0 Å². The average Bonchev–Trinajstić information content (AvgIpc) is 2.18. The Morgan fingerprint density at radius 1 is 1.21 bits per heavy atom. The molecule has 1 aliphatic rings. The Morgan fingerprint density at radius 3 is 2.43 bits per heavy atom. The van der Waals surface area contributed by atoms with Crippen molar-refractivity contribution in [3.05, 3.63) is 0 Å². The molecule has 0 saturated heterocycles. The molecule has 0 bridgehead atoms. The molecule has 1 rings (SSSR count). The third-order valence-electron chi connectivity index (χ3n) is 3.22. The summed E-state index contributed by atoms with van der Waals surface area (Å²) in [7, 11) is 2.16. The smallest absolute Gasteiger partial charge is 0.0987 e. The van der Waals surface area contributed by atoms with Crippen LogP contribution in [0.15, 0.2) is 0 Å². The van der Waals surface area contributed by atoms with Crippen LogP contribution in [0.25, 0.3) is 0 Å². The van der Waals surface area contributed by atoms with Crippen molar-refractivity contribution in [2.24, 2.45) is 11.8 Å². The first kappa shape index (κ1) is 12.0. The lowest BCUT2D eigenvalue weighted by Gasteiger charge is -2.29. The second-order valence-electron chi connectivity index (χ2n) is 4.79. The van der Waals surface area contributed by atoms with Gasteiger partial charge in [-0.05, 0) is 38.6 Å². The van der Waals surface area contributed by atoms with Gasteiger partial charge in [0.05, 0.1) is 6.73 Å². The molecule has 2 heteroatoms. The molecule has 1 fully saturated rings. The number of nitrogens with zero attached hydrogens (tertiary/aromatic N) is 1. The number of hydrogen-bond acceptors (Lipinski definition) is 2. The van der Waals surface area contributed by atoms with Crippen molar-refractivity contribution < 1.29 is 4.74 Å². The van der Waals surface area contributed by atoms with Crippen LogP contribution in [0.3, 0.4) is 0 Å². The lowest BCUT2D eigenvalue weighted by atomic mass is 9.83. The van der Waals surface area contributed by atoms with Gasteiger partial charge in [-0.3, -0.25) is 4.90 Å². The molecular weight excluding hydrogens is 174 g/mol. The van der Waals surface area contributed by atoms with Gasteiger partial charge in [-0.25, -0.2) is 0 Å². The van der Waals surface area contributed by atoms with Crippen molar-refractivity contribution in [2.75, 3.05) is 26.9 Å². The van der Waals surface area contributed by atoms with E-state index < -0.39 is 0 Å². The van der Waals surface area contributed by atoms with Gasteiger partial charge in [0.1, 0.15) is 0 Å². The molecule has 0 N–H and O–H groups in total. The highest BCUT2D eigenvalue weighted by atomic mass is 16.5. The van der Waals surface area contributed by atoms with Crippen molar-refractivity contribution in [1.29, 1.82) is 0 Å². The van der Waals surface area contributed by atoms with Crippen LogP contribution in [0.4, 0.5) is 0 Å². The van der Waals surface area contributed by atoms with E-state index in [9.17, 15) is 0 Å². The Balaban J connectivity index is 2.10. The van der Waals surface area contributed by atoms with Gasteiger partial charge in [-0.2, -0.15) is 0 Å². The van der Waals surface area contributed by atoms with Crippen LogP contribution < -0.4 is 0 Å². The Morgan fingerprint density at radius 2 is 1.86 bits per heavy atom. The molecule has 0 radical (unpaired) electrons. The number of rotatable bonds is 5. The highest BCUT2D eigenvalue weighted by molar-refractivity contribution is 4.71. The standard InChI is InChI=1S/C12H25NO/c1-4-14-10-13(3)9-12-7-5-11(2)6-8-12/h11-12H,4-10H2,1-3H3. The fourth-order valence-corrected chi connectivity index (χ4v) is 2.25. The fraction of sp³-hybridized carbons (Fsp3) is 1.00. The molecule has 0 aromatic carbocycles. The first-order valence-electron chi connectivity index (χ1n) is 5.98. The average molecular weight is 199 g/mol. The largest absolute Gasteiger partial charge is 0.366 e. The molecule has 0 heterocycles. The summed E-state index contributed by atoms with van der Waals surface area (Å²) in [5.41, 5.74) is 0. The zero-order valence-corrected chi connectivity index (χ0v) is 9.96. The molecule has 0 amide bonds. The summed E-state index contributed by atoms with van der Waals surface area (Å²) in [6.07, 6.45) is 5.68. The summed E-state index contributed by atoms with van der Waals surface area (Å²) in [5, 5.41) is 0. The maximum absolute atomic E-state index is 5.38. The summed E-state index contributed by atoms with van der Waals surface area (Å²) in [6.45, 7) is 7.26. The first-order valence-corrected chi connectivity index (χ1v) is 5.98. The van der Waals surface area contributed by atoms with Crippen LogP contribution in [0, 0.1) is 11.8 Å². The van der Waals surface area contributed by atoms with Gasteiger partial charge >= 0.3 is 0 Å². The molecule has 2 nitrogen and oxygen atoms in total. The SMILES string of the molecule is CCOCN(C)CC1CCC(C)CC1. The third kappa shape index (κ3) is 4.43. The summed E-state index contributed by atoms with van der Waals surface area (Å²) < 4.78 is 5.38. The molecule has 14 heavy (non-hydrogen) atoms. The van der Waals surface area contributed by atoms with Gasteiger partial charge in [-0.15, -0.1) is 0 Å². The van der Waals surface area contributed by atoms with Crippen LogP contribution in [-0.2, 0) is 4.74 Å². The van der Waals surface area contributed by atoms with Crippen LogP contribution in [-0.4, -0.2) is 31.8 Å². The van der Waals surface area contributed by atoms with Crippen LogP contribution in [0.5, 0.6) is 0 Å². The van der Waals surface area contributed by atoms with Gasteiger partial charge in [0, 0.05) is 13.2 Å². The lowest BCUT2D eigenvalue weighted by molar-refractivity contribution is 0.0376. The topological polar surface area (TPSA) is 12.5 Å². The van der Waals surface area contributed by atoms with Crippen molar-refractivity contribution >= 4 is 0 Å². The second kappa shape index (κ2) is 6.41. The van der Waals surface area contributed by atoms with Gasteiger partial charge in [0.2, 0.25) is 0 Å². The minimum absolute atomic E-state index is 0.794. The van der Waals surface area contributed by atoms with E-state index in [1.54, 1.807) is 0 Å². The van der Waals surface area contributed by atoms with E-state index in [4.69, 9.17) is 4.74 Å². The van der Waals surface area contributed by atoms with E-state index in [1.165, 1.54) is 32.2 Å². The van der Waals surface area contributed by atoms with Crippen LogP contribution >= 0.6 is 0 Å². The Hall–Kier alpha value is -0.0800. The maximum atomic E-state index is 5.38. The molecule has 0 unspecified atom stereocenters. The highest BCUT2D eigenvalue weighted by Gasteiger charge is 2.19. The zero-order chi connectivity index (χ0) is 10.4. The predicted octanol–water partition coefficient (Wildman–Crippen LogP) is 2.74. The maximum Gasteiger partial charge on any atom is 0.0987 e. The summed E-state index contributed by atoms with van der Waals surface area (Å²) >= 11 is 0.